The zero-order chi connectivity index (χ0) is 15.2. The van der Waals surface area contributed by atoms with Gasteiger partial charge in [0.25, 0.3) is 0 Å². The Kier molecular flexibility index (Phi) is 4.56. The van der Waals surface area contributed by atoms with Crippen molar-refractivity contribution in [3.8, 4) is 11.5 Å². The zero-order valence-corrected chi connectivity index (χ0v) is 11.4. The number of hydrogen-bond acceptors (Lipinski definition) is 4. The third kappa shape index (κ3) is 4.35. The van der Waals surface area contributed by atoms with Gasteiger partial charge in [0.15, 0.2) is 0 Å². The lowest BCUT2D eigenvalue weighted by Crippen LogP contribution is -2.15. The van der Waals surface area contributed by atoms with Crippen molar-refractivity contribution < 1.29 is 24.2 Å². The third-order valence-corrected chi connectivity index (χ3v) is 2.70. The van der Waals surface area contributed by atoms with Crippen LogP contribution in [0.4, 0.5) is 4.79 Å². The van der Waals surface area contributed by atoms with Gasteiger partial charge in [0.2, 0.25) is 0 Å². The Bertz CT molecular complexity index is 649. The molecule has 1 N–H and O–H groups in total. The third-order valence-electron chi connectivity index (χ3n) is 2.70. The van der Waals surface area contributed by atoms with Crippen LogP contribution >= 0.6 is 0 Å². The van der Waals surface area contributed by atoms with Crippen LogP contribution in [0.5, 0.6) is 11.5 Å². The maximum absolute atomic E-state index is 11.7. The fourth-order valence-electron chi connectivity index (χ4n) is 1.80. The van der Waals surface area contributed by atoms with Crippen LogP contribution in [0.3, 0.4) is 0 Å². The van der Waals surface area contributed by atoms with Crippen molar-refractivity contribution in [3.05, 3.63) is 59.7 Å². The molecule has 0 bridgehead atoms. The second kappa shape index (κ2) is 6.56. The second-order valence-corrected chi connectivity index (χ2v) is 4.45. The molecule has 5 nitrogen and oxygen atoms in total. The summed E-state index contributed by atoms with van der Waals surface area (Å²) in [5.41, 5.74) is 1.31. The molecule has 0 atom stereocenters. The number of aliphatic carboxylic acids is 1. The minimum absolute atomic E-state index is 0.184. The summed E-state index contributed by atoms with van der Waals surface area (Å²) in [6.45, 7) is 1.83. The minimum atomic E-state index is -0.998. The standard InChI is InChI=1S/C16H14O5/c1-11-7-8-14(12(9-11)10-15(17)18)21-16(19)20-13-5-3-2-4-6-13/h2-9H,10H2,1H3,(H,17,18). The van der Waals surface area contributed by atoms with E-state index in [0.29, 0.717) is 11.3 Å². The number of aryl methyl sites for hydroxylation is 1. The number of para-hydroxylation sites is 1. The van der Waals surface area contributed by atoms with Crippen LogP contribution < -0.4 is 9.47 Å². The highest BCUT2D eigenvalue weighted by Crippen LogP contribution is 2.22. The summed E-state index contributed by atoms with van der Waals surface area (Å²) in [7, 11) is 0. The molecule has 2 rings (SSSR count). The van der Waals surface area contributed by atoms with Crippen molar-refractivity contribution >= 4 is 12.1 Å². The first-order chi connectivity index (χ1) is 10.0. The normalized spacial score (nSPS) is 9.95. The predicted molar refractivity (Wildman–Crippen MR) is 75.6 cm³/mol. The molecule has 0 fully saturated rings. The summed E-state index contributed by atoms with van der Waals surface area (Å²) in [4.78, 5) is 22.6. The molecule has 0 saturated heterocycles. The van der Waals surface area contributed by atoms with E-state index in [0.717, 1.165) is 5.56 Å². The number of carboxylic acid groups (broad SMARTS) is 1. The first-order valence-electron chi connectivity index (χ1n) is 6.30. The van der Waals surface area contributed by atoms with Gasteiger partial charge in [-0.05, 0) is 25.1 Å². The molecule has 0 aliphatic carbocycles. The highest BCUT2D eigenvalue weighted by molar-refractivity contribution is 5.73. The van der Waals surface area contributed by atoms with E-state index in [1.54, 1.807) is 48.5 Å². The van der Waals surface area contributed by atoms with Gasteiger partial charge < -0.3 is 14.6 Å². The molecule has 2 aromatic rings. The monoisotopic (exact) mass is 286 g/mol. The summed E-state index contributed by atoms with van der Waals surface area (Å²) < 4.78 is 10.1. The first kappa shape index (κ1) is 14.6. The largest absolute Gasteiger partial charge is 0.519 e. The number of hydrogen-bond donors (Lipinski definition) is 1. The van der Waals surface area contributed by atoms with Crippen LogP contribution in [0.1, 0.15) is 11.1 Å². The van der Waals surface area contributed by atoms with E-state index in [9.17, 15) is 9.59 Å². The average molecular weight is 286 g/mol. The van der Waals surface area contributed by atoms with Crippen LogP contribution in [0.25, 0.3) is 0 Å². The topological polar surface area (TPSA) is 72.8 Å². The quantitative estimate of drug-likeness (QED) is 0.690. The molecule has 0 aliphatic rings. The number of carbonyl (C=O) groups excluding carboxylic acids is 1. The molecule has 21 heavy (non-hydrogen) atoms. The highest BCUT2D eigenvalue weighted by atomic mass is 16.7. The molecule has 0 aromatic heterocycles. The lowest BCUT2D eigenvalue weighted by molar-refractivity contribution is -0.136. The van der Waals surface area contributed by atoms with Crippen molar-refractivity contribution in [1.29, 1.82) is 0 Å². The Balaban J connectivity index is 2.11. The van der Waals surface area contributed by atoms with Crippen LogP contribution in [-0.2, 0) is 11.2 Å². The SMILES string of the molecule is Cc1ccc(OC(=O)Oc2ccccc2)c(CC(=O)O)c1. The Morgan fingerprint density at radius 1 is 1.05 bits per heavy atom. The Morgan fingerprint density at radius 3 is 2.43 bits per heavy atom. The van der Waals surface area contributed by atoms with Crippen LogP contribution in [0.15, 0.2) is 48.5 Å². The first-order valence-corrected chi connectivity index (χ1v) is 6.30. The Morgan fingerprint density at radius 2 is 1.76 bits per heavy atom. The molecule has 0 heterocycles. The molecule has 108 valence electrons. The van der Waals surface area contributed by atoms with E-state index in [1.165, 1.54) is 0 Å². The Hall–Kier alpha value is -2.82. The van der Waals surface area contributed by atoms with E-state index in [1.807, 2.05) is 6.92 Å². The van der Waals surface area contributed by atoms with Gasteiger partial charge in [0.1, 0.15) is 11.5 Å². The van der Waals surface area contributed by atoms with Crippen molar-refractivity contribution in [3.63, 3.8) is 0 Å². The number of ether oxygens (including phenoxy) is 2. The molecule has 0 radical (unpaired) electrons. The van der Waals surface area contributed by atoms with E-state index in [-0.39, 0.29) is 12.2 Å². The predicted octanol–water partition coefficient (Wildman–Crippen LogP) is 3.20. The number of carboxylic acids is 1. The molecular formula is C16H14O5. The van der Waals surface area contributed by atoms with Gasteiger partial charge in [-0.15, -0.1) is 0 Å². The zero-order valence-electron chi connectivity index (χ0n) is 11.4. The number of benzene rings is 2. The van der Waals surface area contributed by atoms with E-state index in [4.69, 9.17) is 14.6 Å². The summed E-state index contributed by atoms with van der Waals surface area (Å²) in [6, 6.07) is 13.4. The van der Waals surface area contributed by atoms with Crippen LogP contribution in [0, 0.1) is 6.92 Å². The molecule has 0 amide bonds. The molecule has 0 unspecified atom stereocenters. The maximum Gasteiger partial charge on any atom is 0.519 e. The van der Waals surface area contributed by atoms with E-state index in [2.05, 4.69) is 0 Å². The van der Waals surface area contributed by atoms with E-state index < -0.39 is 12.1 Å². The van der Waals surface area contributed by atoms with Crippen LogP contribution in [0.2, 0.25) is 0 Å². The van der Waals surface area contributed by atoms with Gasteiger partial charge in [-0.2, -0.15) is 0 Å². The molecule has 5 heteroatoms. The van der Waals surface area contributed by atoms with Gasteiger partial charge >= 0.3 is 12.1 Å². The van der Waals surface area contributed by atoms with Gasteiger partial charge in [0, 0.05) is 5.56 Å². The van der Waals surface area contributed by atoms with Gasteiger partial charge in [0.05, 0.1) is 6.42 Å². The van der Waals surface area contributed by atoms with Crippen LogP contribution in [-0.4, -0.2) is 17.2 Å². The molecule has 0 aliphatic heterocycles. The number of rotatable bonds is 4. The molecule has 0 spiro atoms. The van der Waals surface area contributed by atoms with Crippen molar-refractivity contribution in [2.75, 3.05) is 0 Å². The number of carbonyl (C=O) groups is 2. The average Bonchev–Trinajstić information content (AvgIpc) is 2.42. The summed E-state index contributed by atoms with van der Waals surface area (Å²) in [6.07, 6.45) is -1.13. The van der Waals surface area contributed by atoms with Crippen molar-refractivity contribution in [1.82, 2.24) is 0 Å². The minimum Gasteiger partial charge on any atom is -0.481 e. The fraction of sp³-hybridized carbons (Fsp3) is 0.125. The lowest BCUT2D eigenvalue weighted by atomic mass is 10.1. The Labute approximate surface area is 121 Å². The van der Waals surface area contributed by atoms with Gasteiger partial charge in [-0.1, -0.05) is 35.9 Å². The van der Waals surface area contributed by atoms with Gasteiger partial charge in [-0.3, -0.25) is 4.79 Å². The fourth-order valence-corrected chi connectivity index (χ4v) is 1.80. The van der Waals surface area contributed by atoms with Gasteiger partial charge in [-0.25, -0.2) is 4.79 Å². The molecule has 2 aromatic carbocycles. The second-order valence-electron chi connectivity index (χ2n) is 4.45. The van der Waals surface area contributed by atoms with Crippen molar-refractivity contribution in [2.24, 2.45) is 0 Å². The maximum atomic E-state index is 11.7. The summed E-state index contributed by atoms with van der Waals surface area (Å²) >= 11 is 0. The molecular weight excluding hydrogens is 272 g/mol. The molecule has 0 saturated carbocycles. The lowest BCUT2D eigenvalue weighted by Gasteiger charge is -2.09. The summed E-state index contributed by atoms with van der Waals surface area (Å²) in [5.74, 6) is -0.458. The van der Waals surface area contributed by atoms with E-state index >= 15 is 0 Å². The smallest absolute Gasteiger partial charge is 0.481 e. The summed E-state index contributed by atoms with van der Waals surface area (Å²) in [5, 5.41) is 8.88. The highest BCUT2D eigenvalue weighted by Gasteiger charge is 2.13. The van der Waals surface area contributed by atoms with Crippen molar-refractivity contribution in [2.45, 2.75) is 13.3 Å².